The van der Waals surface area contributed by atoms with Crippen molar-refractivity contribution < 1.29 is 17.9 Å². The van der Waals surface area contributed by atoms with Gasteiger partial charge < -0.3 is 4.74 Å². The van der Waals surface area contributed by atoms with E-state index in [4.69, 9.17) is 27.9 Å². The summed E-state index contributed by atoms with van der Waals surface area (Å²) in [5.41, 5.74) is 0.555. The highest BCUT2D eigenvalue weighted by molar-refractivity contribution is 7.90. The van der Waals surface area contributed by atoms with Crippen LogP contribution in [0.4, 0.5) is 0 Å². The van der Waals surface area contributed by atoms with E-state index in [1.165, 1.54) is 6.07 Å². The third-order valence-electron chi connectivity index (χ3n) is 3.39. The first-order valence-electron chi connectivity index (χ1n) is 6.37. The number of carbonyl (C=O) groups is 1. The number of carbonyl (C=O) groups excluding carboxylic acids is 1. The molecule has 5 nitrogen and oxygen atoms in total. The molecule has 0 spiro atoms. The molecule has 0 bridgehead atoms. The average molecular weight is 352 g/mol. The maximum absolute atomic E-state index is 12.3. The first kappa shape index (κ1) is 16.5. The zero-order valence-electron chi connectivity index (χ0n) is 11.5. The minimum Gasteiger partial charge on any atom is -0.368 e. The van der Waals surface area contributed by atoms with Crippen LogP contribution in [-0.2, 0) is 19.6 Å². The van der Waals surface area contributed by atoms with E-state index in [0.29, 0.717) is 18.6 Å². The summed E-state index contributed by atoms with van der Waals surface area (Å²) >= 11 is 11.9. The van der Waals surface area contributed by atoms with Crippen LogP contribution in [0.1, 0.15) is 18.9 Å². The Balaban J connectivity index is 2.31. The van der Waals surface area contributed by atoms with Crippen molar-refractivity contribution >= 4 is 39.1 Å². The number of ether oxygens (including phenoxy) is 1. The van der Waals surface area contributed by atoms with Gasteiger partial charge in [0.05, 0.1) is 10.0 Å². The summed E-state index contributed by atoms with van der Waals surface area (Å²) in [6.07, 6.45) is -0.0634. The summed E-state index contributed by atoms with van der Waals surface area (Å²) in [7, 11) is -4.15. The van der Waals surface area contributed by atoms with Gasteiger partial charge in [-0.25, -0.2) is 13.1 Å². The molecule has 21 heavy (non-hydrogen) atoms. The molecule has 2 atom stereocenters. The van der Waals surface area contributed by atoms with Crippen molar-refractivity contribution in [2.75, 3.05) is 6.61 Å². The number of halogens is 2. The van der Waals surface area contributed by atoms with Crippen LogP contribution in [0.5, 0.6) is 0 Å². The number of hydrogen-bond donors (Lipinski definition) is 1. The van der Waals surface area contributed by atoms with Crippen molar-refractivity contribution in [2.24, 2.45) is 5.92 Å². The molecule has 0 saturated carbocycles. The van der Waals surface area contributed by atoms with Crippen LogP contribution in [-0.4, -0.2) is 27.0 Å². The number of aryl methyl sites for hydroxylation is 1. The molecule has 1 saturated heterocycles. The summed E-state index contributed by atoms with van der Waals surface area (Å²) in [5, 5.41) is -0.0329. The van der Waals surface area contributed by atoms with Crippen LogP contribution >= 0.6 is 23.2 Å². The van der Waals surface area contributed by atoms with Crippen LogP contribution in [0.3, 0.4) is 0 Å². The van der Waals surface area contributed by atoms with Crippen molar-refractivity contribution in [2.45, 2.75) is 31.3 Å². The van der Waals surface area contributed by atoms with Crippen molar-refractivity contribution in [3.05, 3.63) is 27.7 Å². The lowest BCUT2D eigenvalue weighted by Crippen LogP contribution is -2.40. The lowest BCUT2D eigenvalue weighted by atomic mass is 10.0. The van der Waals surface area contributed by atoms with E-state index < -0.39 is 22.0 Å². The minimum atomic E-state index is -4.15. The van der Waals surface area contributed by atoms with Crippen molar-refractivity contribution in [3.8, 4) is 0 Å². The van der Waals surface area contributed by atoms with Gasteiger partial charge in [-0.2, -0.15) is 0 Å². The fraction of sp³-hybridized carbons (Fsp3) is 0.462. The molecule has 0 aliphatic carbocycles. The Kier molecular flexibility index (Phi) is 4.82. The van der Waals surface area contributed by atoms with Gasteiger partial charge in [0.25, 0.3) is 15.9 Å². The van der Waals surface area contributed by atoms with Crippen LogP contribution in [0, 0.1) is 12.8 Å². The number of benzene rings is 1. The van der Waals surface area contributed by atoms with Gasteiger partial charge in [-0.3, -0.25) is 4.79 Å². The van der Waals surface area contributed by atoms with Gasteiger partial charge in [-0.1, -0.05) is 36.2 Å². The standard InChI is InChI=1S/C13H15Cl2NO4S/c1-7-3-4-9(14)12(10(7)15)21(18,19)16-13(17)11-8(2)5-6-20-11/h3-4,8,11H,5-6H2,1-2H3,(H,16,17)/t8-,11+/m1/s1. The molecule has 1 amide bonds. The smallest absolute Gasteiger partial charge is 0.267 e. The Labute approximate surface area is 133 Å². The first-order valence-corrected chi connectivity index (χ1v) is 8.61. The zero-order valence-corrected chi connectivity index (χ0v) is 13.8. The lowest BCUT2D eigenvalue weighted by molar-refractivity contribution is -0.129. The monoisotopic (exact) mass is 351 g/mol. The van der Waals surface area contributed by atoms with Gasteiger partial charge in [-0.05, 0) is 30.9 Å². The average Bonchev–Trinajstić information content (AvgIpc) is 2.80. The van der Waals surface area contributed by atoms with Crippen LogP contribution < -0.4 is 4.72 Å². The lowest BCUT2D eigenvalue weighted by Gasteiger charge is -2.16. The van der Waals surface area contributed by atoms with E-state index in [-0.39, 0.29) is 20.9 Å². The summed E-state index contributed by atoms with van der Waals surface area (Å²) in [5.74, 6) is -0.739. The normalized spacial score (nSPS) is 22.3. The predicted molar refractivity (Wildman–Crippen MR) is 80.0 cm³/mol. The summed E-state index contributed by atoms with van der Waals surface area (Å²) in [4.78, 5) is 11.8. The van der Waals surface area contributed by atoms with Gasteiger partial charge in [0.15, 0.2) is 0 Å². The summed E-state index contributed by atoms with van der Waals surface area (Å²) < 4.78 is 31.9. The maximum atomic E-state index is 12.3. The molecule has 1 aliphatic rings. The molecule has 116 valence electrons. The third-order valence-corrected chi connectivity index (χ3v) is 5.85. The molecular weight excluding hydrogens is 337 g/mol. The molecule has 2 rings (SSSR count). The molecule has 1 heterocycles. The van der Waals surface area contributed by atoms with E-state index in [9.17, 15) is 13.2 Å². The number of nitrogens with one attached hydrogen (secondary N) is 1. The molecule has 0 unspecified atom stereocenters. The second-order valence-corrected chi connectivity index (χ2v) is 7.44. The molecule has 1 aromatic carbocycles. The van der Waals surface area contributed by atoms with E-state index in [0.717, 1.165) is 0 Å². The van der Waals surface area contributed by atoms with Crippen LogP contribution in [0.15, 0.2) is 17.0 Å². The summed E-state index contributed by atoms with van der Waals surface area (Å²) in [6, 6.07) is 3.03. The molecule has 1 aliphatic heterocycles. The second kappa shape index (κ2) is 6.12. The molecule has 1 fully saturated rings. The van der Waals surface area contributed by atoms with Gasteiger partial charge in [0, 0.05) is 6.61 Å². The quantitative estimate of drug-likeness (QED) is 0.907. The van der Waals surface area contributed by atoms with E-state index in [2.05, 4.69) is 0 Å². The number of amides is 1. The predicted octanol–water partition coefficient (Wildman–Crippen LogP) is 2.53. The number of sulfonamides is 1. The van der Waals surface area contributed by atoms with Gasteiger partial charge >= 0.3 is 0 Å². The minimum absolute atomic E-state index is 0.00295. The highest BCUT2D eigenvalue weighted by atomic mass is 35.5. The third kappa shape index (κ3) is 3.34. The van der Waals surface area contributed by atoms with Crippen molar-refractivity contribution in [1.82, 2.24) is 4.72 Å². The van der Waals surface area contributed by atoms with E-state index in [1.807, 2.05) is 11.6 Å². The Morgan fingerprint density at radius 2 is 2.05 bits per heavy atom. The Morgan fingerprint density at radius 3 is 2.62 bits per heavy atom. The Hall–Kier alpha value is -0.820. The maximum Gasteiger partial charge on any atom is 0.267 e. The zero-order chi connectivity index (χ0) is 15.8. The van der Waals surface area contributed by atoms with Gasteiger partial charge in [0.2, 0.25) is 0 Å². The Morgan fingerprint density at radius 1 is 1.38 bits per heavy atom. The van der Waals surface area contributed by atoms with Crippen LogP contribution in [0.2, 0.25) is 10.0 Å². The molecule has 8 heteroatoms. The molecule has 0 aromatic heterocycles. The molecular formula is C13H15Cl2NO4S. The SMILES string of the molecule is Cc1ccc(Cl)c(S(=O)(=O)NC(=O)[C@H]2OCC[C@H]2C)c1Cl. The van der Waals surface area contributed by atoms with Gasteiger partial charge in [-0.15, -0.1) is 0 Å². The number of hydrogen-bond acceptors (Lipinski definition) is 4. The largest absolute Gasteiger partial charge is 0.368 e. The summed E-state index contributed by atoms with van der Waals surface area (Å²) in [6.45, 7) is 3.92. The second-order valence-electron chi connectivity index (χ2n) is 5.03. The van der Waals surface area contributed by atoms with Crippen molar-refractivity contribution in [3.63, 3.8) is 0 Å². The Bertz CT molecular complexity index is 675. The van der Waals surface area contributed by atoms with Crippen molar-refractivity contribution in [1.29, 1.82) is 0 Å². The highest BCUT2D eigenvalue weighted by Gasteiger charge is 2.34. The fourth-order valence-electron chi connectivity index (χ4n) is 2.15. The molecule has 0 radical (unpaired) electrons. The fourth-order valence-corrected chi connectivity index (χ4v) is 4.33. The van der Waals surface area contributed by atoms with E-state index in [1.54, 1.807) is 13.0 Å². The number of rotatable bonds is 3. The molecule has 1 N–H and O–H groups in total. The topological polar surface area (TPSA) is 72.5 Å². The molecule has 1 aromatic rings. The van der Waals surface area contributed by atoms with Gasteiger partial charge in [0.1, 0.15) is 11.0 Å². The van der Waals surface area contributed by atoms with E-state index >= 15 is 0 Å². The first-order chi connectivity index (χ1) is 9.74. The highest BCUT2D eigenvalue weighted by Crippen LogP contribution is 2.32. The van der Waals surface area contributed by atoms with Crippen LogP contribution in [0.25, 0.3) is 0 Å².